The van der Waals surface area contributed by atoms with Gasteiger partial charge in [-0.15, -0.1) is 0 Å². The second-order valence-corrected chi connectivity index (χ2v) is 8.16. The molecule has 1 aliphatic heterocycles. The van der Waals surface area contributed by atoms with Gasteiger partial charge in [0.1, 0.15) is 6.61 Å². The van der Waals surface area contributed by atoms with Crippen LogP contribution in [0.25, 0.3) is 0 Å². The van der Waals surface area contributed by atoms with Crippen molar-refractivity contribution in [3.05, 3.63) is 75.8 Å². The molecule has 11 heteroatoms. The van der Waals surface area contributed by atoms with Crippen molar-refractivity contribution in [1.29, 1.82) is 0 Å². The van der Waals surface area contributed by atoms with Crippen LogP contribution in [0.2, 0.25) is 0 Å². The number of hydroxylamine groups is 2. The van der Waals surface area contributed by atoms with Crippen LogP contribution in [-0.4, -0.2) is 63.2 Å². The van der Waals surface area contributed by atoms with Gasteiger partial charge in [0.05, 0.1) is 11.0 Å². The first-order valence-electron chi connectivity index (χ1n) is 11.1. The van der Waals surface area contributed by atoms with Crippen molar-refractivity contribution in [3.63, 3.8) is 0 Å². The smallest absolute Gasteiger partial charge is 0.410 e. The van der Waals surface area contributed by atoms with E-state index in [1.165, 1.54) is 31.2 Å². The lowest BCUT2D eigenvalue weighted by Crippen LogP contribution is -2.49. The molecule has 0 saturated carbocycles. The number of nitro groups is 1. The van der Waals surface area contributed by atoms with E-state index >= 15 is 0 Å². The number of hydrogen-bond acceptors (Lipinski definition) is 7. The fraction of sp³-hybridized carbons (Fsp3) is 0.375. The second-order valence-electron chi connectivity index (χ2n) is 8.16. The Morgan fingerprint density at radius 3 is 2.26 bits per heavy atom. The number of piperidine rings is 1. The Hall–Kier alpha value is -3.99. The molecule has 0 bridgehead atoms. The van der Waals surface area contributed by atoms with Crippen molar-refractivity contribution < 1.29 is 34.0 Å². The zero-order valence-electron chi connectivity index (χ0n) is 19.2. The van der Waals surface area contributed by atoms with E-state index in [-0.39, 0.29) is 18.7 Å². The van der Waals surface area contributed by atoms with Gasteiger partial charge in [-0.25, -0.2) is 14.7 Å². The number of amides is 2. The highest BCUT2D eigenvalue weighted by molar-refractivity contribution is 5.81. The third-order valence-electron chi connectivity index (χ3n) is 5.62. The fourth-order valence-corrected chi connectivity index (χ4v) is 3.73. The Bertz CT molecular complexity index is 1040. The molecular weight excluding hydrogens is 458 g/mol. The minimum absolute atomic E-state index is 0.0857. The quantitative estimate of drug-likeness (QED) is 0.422. The molecule has 0 radical (unpaired) electrons. The van der Waals surface area contributed by atoms with Gasteiger partial charge in [-0.1, -0.05) is 42.5 Å². The normalized spacial score (nSPS) is 14.7. The third-order valence-corrected chi connectivity index (χ3v) is 5.62. The van der Waals surface area contributed by atoms with Gasteiger partial charge in [0.2, 0.25) is 5.91 Å². The summed E-state index contributed by atoms with van der Waals surface area (Å²) in [4.78, 5) is 54.2. The molecule has 11 nitrogen and oxygen atoms in total. The SMILES string of the molecule is CC(=O)N(OC1CCN(C(=O)OCc2ccccc2)CC1)[C@@H](Cc1ccc([N+](=O)[O-])cc1)C(=O)O. The standard InChI is InChI=1S/C24H27N3O8/c1-17(28)26(22(23(29)30)15-18-7-9-20(10-8-18)27(32)33)35-21-11-13-25(14-12-21)24(31)34-16-19-5-3-2-4-6-19/h2-10,21-22H,11-16H2,1H3,(H,29,30)/t22-/m0/s1. The van der Waals surface area contributed by atoms with Gasteiger partial charge in [-0.3, -0.25) is 19.7 Å². The Kier molecular flexibility index (Phi) is 8.74. The molecule has 2 aromatic carbocycles. The summed E-state index contributed by atoms with van der Waals surface area (Å²) < 4.78 is 5.34. The minimum atomic E-state index is -1.32. The number of likely N-dealkylation sites (tertiary alicyclic amines) is 1. The van der Waals surface area contributed by atoms with Gasteiger partial charge in [0.25, 0.3) is 5.69 Å². The van der Waals surface area contributed by atoms with Gasteiger partial charge >= 0.3 is 12.1 Å². The van der Waals surface area contributed by atoms with Crippen LogP contribution < -0.4 is 0 Å². The largest absolute Gasteiger partial charge is 0.480 e. The molecule has 35 heavy (non-hydrogen) atoms. The van der Waals surface area contributed by atoms with E-state index < -0.39 is 35.0 Å². The lowest BCUT2D eigenvalue weighted by atomic mass is 10.0. The van der Waals surface area contributed by atoms with E-state index in [0.29, 0.717) is 31.5 Å². The van der Waals surface area contributed by atoms with Crippen molar-refractivity contribution in [2.45, 2.75) is 44.9 Å². The molecule has 1 saturated heterocycles. The summed E-state index contributed by atoms with van der Waals surface area (Å²) >= 11 is 0. The molecule has 1 fully saturated rings. The molecule has 186 valence electrons. The lowest BCUT2D eigenvalue weighted by Gasteiger charge is -2.35. The molecular formula is C24H27N3O8. The van der Waals surface area contributed by atoms with Crippen LogP contribution in [0.5, 0.6) is 0 Å². The summed E-state index contributed by atoms with van der Waals surface area (Å²) in [5, 5.41) is 21.4. The van der Waals surface area contributed by atoms with Crippen LogP contribution in [0.3, 0.4) is 0 Å². The molecule has 2 aromatic rings. The Morgan fingerprint density at radius 2 is 1.71 bits per heavy atom. The zero-order valence-corrected chi connectivity index (χ0v) is 19.2. The van der Waals surface area contributed by atoms with E-state index in [2.05, 4.69) is 0 Å². The Labute approximate surface area is 201 Å². The van der Waals surface area contributed by atoms with E-state index in [4.69, 9.17) is 9.57 Å². The number of nitrogens with zero attached hydrogens (tertiary/aromatic N) is 3. The predicted octanol–water partition coefficient (Wildman–Crippen LogP) is 3.17. The second kappa shape index (κ2) is 11.9. The molecule has 0 aliphatic carbocycles. The molecule has 1 atom stereocenters. The van der Waals surface area contributed by atoms with Crippen molar-refractivity contribution in [2.75, 3.05) is 13.1 Å². The van der Waals surface area contributed by atoms with Crippen LogP contribution >= 0.6 is 0 Å². The van der Waals surface area contributed by atoms with Crippen molar-refractivity contribution in [2.24, 2.45) is 0 Å². The molecule has 3 rings (SSSR count). The van der Waals surface area contributed by atoms with Gasteiger partial charge < -0.3 is 14.7 Å². The molecule has 1 aliphatic rings. The monoisotopic (exact) mass is 485 g/mol. The van der Waals surface area contributed by atoms with E-state index in [0.717, 1.165) is 10.6 Å². The highest BCUT2D eigenvalue weighted by atomic mass is 16.7. The summed E-state index contributed by atoms with van der Waals surface area (Å²) in [6.07, 6.45) is -0.201. The number of rotatable bonds is 9. The number of carboxylic acids is 1. The minimum Gasteiger partial charge on any atom is -0.480 e. The maximum Gasteiger partial charge on any atom is 0.410 e. The maximum atomic E-state index is 12.4. The number of ether oxygens (including phenoxy) is 1. The average Bonchev–Trinajstić information content (AvgIpc) is 2.85. The molecule has 1 N–H and O–H groups in total. The summed E-state index contributed by atoms with van der Waals surface area (Å²) in [6, 6.07) is 13.5. The predicted molar refractivity (Wildman–Crippen MR) is 123 cm³/mol. The Morgan fingerprint density at radius 1 is 1.09 bits per heavy atom. The van der Waals surface area contributed by atoms with Gasteiger partial charge in [-0.05, 0) is 24.0 Å². The first-order valence-corrected chi connectivity index (χ1v) is 11.1. The summed E-state index contributed by atoms with van der Waals surface area (Å²) in [6.45, 7) is 2.05. The number of hydrogen-bond donors (Lipinski definition) is 1. The van der Waals surface area contributed by atoms with Crippen LogP contribution in [0.15, 0.2) is 54.6 Å². The molecule has 0 aromatic heterocycles. The maximum absolute atomic E-state index is 12.4. The van der Waals surface area contributed by atoms with Crippen LogP contribution in [0.4, 0.5) is 10.5 Å². The van der Waals surface area contributed by atoms with E-state index in [1.54, 1.807) is 4.90 Å². The zero-order chi connectivity index (χ0) is 25.4. The Balaban J connectivity index is 1.56. The number of carbonyl (C=O) groups is 3. The number of nitro benzene ring substituents is 1. The fourth-order valence-electron chi connectivity index (χ4n) is 3.73. The van der Waals surface area contributed by atoms with Crippen molar-refractivity contribution in [1.82, 2.24) is 9.96 Å². The molecule has 2 amide bonds. The van der Waals surface area contributed by atoms with Gasteiger partial charge in [0, 0.05) is 38.6 Å². The third kappa shape index (κ3) is 7.24. The van der Waals surface area contributed by atoms with E-state index in [1.807, 2.05) is 30.3 Å². The van der Waals surface area contributed by atoms with Gasteiger partial charge in [0.15, 0.2) is 6.04 Å². The molecule has 1 heterocycles. The van der Waals surface area contributed by atoms with E-state index in [9.17, 15) is 29.6 Å². The van der Waals surface area contributed by atoms with Crippen LogP contribution in [0.1, 0.15) is 30.9 Å². The number of carboxylic acid groups (broad SMARTS) is 1. The first-order chi connectivity index (χ1) is 16.7. The van der Waals surface area contributed by atoms with Crippen molar-refractivity contribution >= 4 is 23.7 Å². The summed E-state index contributed by atoms with van der Waals surface area (Å²) in [7, 11) is 0. The lowest BCUT2D eigenvalue weighted by molar-refractivity contribution is -0.384. The molecule has 0 spiro atoms. The topological polar surface area (TPSA) is 140 Å². The number of benzene rings is 2. The highest BCUT2D eigenvalue weighted by Crippen LogP contribution is 2.21. The van der Waals surface area contributed by atoms with Crippen molar-refractivity contribution in [3.8, 4) is 0 Å². The number of carbonyl (C=O) groups excluding carboxylic acids is 2. The van der Waals surface area contributed by atoms with Crippen LogP contribution in [0, 0.1) is 10.1 Å². The van der Waals surface area contributed by atoms with Crippen LogP contribution in [-0.2, 0) is 32.2 Å². The average molecular weight is 485 g/mol. The molecule has 0 unspecified atom stereocenters. The highest BCUT2D eigenvalue weighted by Gasteiger charge is 2.33. The summed E-state index contributed by atoms with van der Waals surface area (Å²) in [5.74, 6) is -1.84. The number of non-ortho nitro benzene ring substituents is 1. The number of aliphatic carboxylic acids is 1. The first kappa shape index (κ1) is 25.6. The van der Waals surface area contributed by atoms with Gasteiger partial charge in [-0.2, -0.15) is 0 Å². The summed E-state index contributed by atoms with van der Waals surface area (Å²) in [5.41, 5.74) is 1.27.